The molecule has 21 heavy (non-hydrogen) atoms. The summed E-state index contributed by atoms with van der Waals surface area (Å²) in [5.74, 6) is 4.31. The third kappa shape index (κ3) is 4.14. The second-order valence-electron chi connectivity index (χ2n) is 4.71. The lowest BCUT2D eigenvalue weighted by atomic mass is 9.98. The smallest absolute Gasteiger partial charge is 0.129 e. The predicted octanol–water partition coefficient (Wildman–Crippen LogP) is 3.89. The fraction of sp³-hybridized carbons (Fsp3) is 0.200. The van der Waals surface area contributed by atoms with E-state index in [0.29, 0.717) is 16.5 Å². The quantitative estimate of drug-likeness (QED) is 0.644. The minimum atomic E-state index is -0.590. The largest absolute Gasteiger partial charge is 0.271 e. The Labute approximate surface area is 131 Å². The summed E-state index contributed by atoms with van der Waals surface area (Å²) < 4.78 is 27.3. The molecule has 0 amide bonds. The van der Waals surface area contributed by atoms with Crippen LogP contribution in [-0.4, -0.2) is 6.04 Å². The van der Waals surface area contributed by atoms with Crippen molar-refractivity contribution in [2.75, 3.05) is 0 Å². The second-order valence-corrected chi connectivity index (χ2v) is 5.55. The topological polar surface area (TPSA) is 38.0 Å². The number of hydrogen-bond acceptors (Lipinski definition) is 2. The summed E-state index contributed by atoms with van der Waals surface area (Å²) in [5.41, 5.74) is 3.33. The first-order chi connectivity index (χ1) is 10.0. The van der Waals surface area contributed by atoms with Gasteiger partial charge in [-0.3, -0.25) is 11.3 Å². The van der Waals surface area contributed by atoms with Gasteiger partial charge in [-0.05, 0) is 48.7 Å². The minimum absolute atomic E-state index is 0.00130. The van der Waals surface area contributed by atoms with Crippen LogP contribution in [0.1, 0.15) is 11.1 Å². The van der Waals surface area contributed by atoms with Crippen molar-refractivity contribution in [2.24, 2.45) is 5.84 Å². The Kier molecular flexibility index (Phi) is 5.53. The molecule has 0 saturated carbocycles. The maximum atomic E-state index is 13.7. The van der Waals surface area contributed by atoms with Crippen molar-refractivity contribution >= 4 is 23.2 Å². The van der Waals surface area contributed by atoms with Crippen LogP contribution in [-0.2, 0) is 12.8 Å². The molecule has 2 rings (SSSR count). The van der Waals surface area contributed by atoms with Crippen molar-refractivity contribution < 1.29 is 8.78 Å². The summed E-state index contributed by atoms with van der Waals surface area (Å²) in [6.07, 6.45) is 0.515. The molecule has 2 aromatic carbocycles. The lowest BCUT2D eigenvalue weighted by Crippen LogP contribution is -2.39. The number of benzene rings is 2. The van der Waals surface area contributed by atoms with Crippen LogP contribution >= 0.6 is 23.2 Å². The van der Waals surface area contributed by atoms with Crippen molar-refractivity contribution in [3.05, 3.63) is 69.2 Å². The Morgan fingerprint density at radius 2 is 1.71 bits per heavy atom. The highest BCUT2D eigenvalue weighted by Crippen LogP contribution is 2.23. The zero-order valence-corrected chi connectivity index (χ0v) is 12.6. The van der Waals surface area contributed by atoms with Gasteiger partial charge in [-0.1, -0.05) is 29.3 Å². The van der Waals surface area contributed by atoms with Gasteiger partial charge in [-0.2, -0.15) is 0 Å². The highest BCUT2D eigenvalue weighted by molar-refractivity contribution is 6.33. The summed E-state index contributed by atoms with van der Waals surface area (Å²) in [4.78, 5) is 0. The molecule has 2 nitrogen and oxygen atoms in total. The third-order valence-electron chi connectivity index (χ3n) is 3.22. The van der Waals surface area contributed by atoms with E-state index < -0.39 is 11.6 Å². The molecule has 0 spiro atoms. The van der Waals surface area contributed by atoms with Crippen LogP contribution in [0.3, 0.4) is 0 Å². The van der Waals surface area contributed by atoms with Crippen LogP contribution in [0.4, 0.5) is 8.78 Å². The number of nitrogens with one attached hydrogen (secondary N) is 1. The molecule has 0 saturated heterocycles. The van der Waals surface area contributed by atoms with E-state index in [4.69, 9.17) is 29.0 Å². The van der Waals surface area contributed by atoms with Crippen LogP contribution in [0.2, 0.25) is 10.0 Å². The molecular formula is C15H14Cl2F2N2. The van der Waals surface area contributed by atoms with Gasteiger partial charge in [0.2, 0.25) is 0 Å². The van der Waals surface area contributed by atoms with Crippen molar-refractivity contribution in [3.8, 4) is 0 Å². The van der Waals surface area contributed by atoms with Crippen LogP contribution in [0.5, 0.6) is 0 Å². The molecular weight excluding hydrogens is 317 g/mol. The van der Waals surface area contributed by atoms with E-state index in [2.05, 4.69) is 5.43 Å². The van der Waals surface area contributed by atoms with Crippen LogP contribution in [0, 0.1) is 11.6 Å². The first-order valence-corrected chi connectivity index (χ1v) is 7.09. The van der Waals surface area contributed by atoms with Gasteiger partial charge in [-0.25, -0.2) is 8.78 Å². The molecule has 0 fully saturated rings. The monoisotopic (exact) mass is 330 g/mol. The Morgan fingerprint density at radius 1 is 1.05 bits per heavy atom. The third-order valence-corrected chi connectivity index (χ3v) is 3.83. The molecule has 0 heterocycles. The number of rotatable bonds is 5. The molecule has 0 aliphatic heterocycles. The maximum absolute atomic E-state index is 13.7. The minimum Gasteiger partial charge on any atom is -0.271 e. The summed E-state index contributed by atoms with van der Waals surface area (Å²) in [6.45, 7) is 0. The number of nitrogens with two attached hydrogens (primary N) is 1. The maximum Gasteiger partial charge on any atom is 0.129 e. The lowest BCUT2D eigenvalue weighted by Gasteiger charge is -2.17. The average Bonchev–Trinajstić information content (AvgIpc) is 2.45. The van der Waals surface area contributed by atoms with Crippen molar-refractivity contribution in [1.82, 2.24) is 5.43 Å². The molecule has 112 valence electrons. The average molecular weight is 331 g/mol. The number of hydrazine groups is 1. The van der Waals surface area contributed by atoms with Gasteiger partial charge in [0.25, 0.3) is 0 Å². The molecule has 6 heteroatoms. The van der Waals surface area contributed by atoms with E-state index >= 15 is 0 Å². The molecule has 1 atom stereocenters. The molecule has 1 unspecified atom stereocenters. The highest BCUT2D eigenvalue weighted by atomic mass is 35.5. The van der Waals surface area contributed by atoms with Crippen LogP contribution in [0.25, 0.3) is 0 Å². The van der Waals surface area contributed by atoms with Gasteiger partial charge in [0.15, 0.2) is 0 Å². The Balaban J connectivity index is 2.19. The molecule has 0 aliphatic rings. The van der Waals surface area contributed by atoms with Gasteiger partial charge in [-0.15, -0.1) is 0 Å². The van der Waals surface area contributed by atoms with Gasteiger partial charge < -0.3 is 0 Å². The SMILES string of the molecule is NNC(Cc1cc(Cl)ccc1Cl)Cc1c(F)cccc1F. The van der Waals surface area contributed by atoms with E-state index in [0.717, 1.165) is 5.56 Å². The van der Waals surface area contributed by atoms with E-state index in [1.807, 2.05) is 0 Å². The van der Waals surface area contributed by atoms with Gasteiger partial charge in [0.05, 0.1) is 0 Å². The zero-order chi connectivity index (χ0) is 15.4. The number of halogens is 4. The summed E-state index contributed by atoms with van der Waals surface area (Å²) in [6, 6.07) is 8.47. The molecule has 0 aromatic heterocycles. The van der Waals surface area contributed by atoms with Crippen LogP contribution < -0.4 is 11.3 Å². The standard InChI is InChI=1S/C15H14Cl2F2N2/c16-10-4-5-13(17)9(6-10)7-11(21-20)8-12-14(18)2-1-3-15(12)19/h1-6,11,21H,7-8,20H2. The summed E-state index contributed by atoms with van der Waals surface area (Å²) in [7, 11) is 0. The lowest BCUT2D eigenvalue weighted by molar-refractivity contribution is 0.484. The Bertz CT molecular complexity index is 615. The Hall–Kier alpha value is -1.20. The van der Waals surface area contributed by atoms with E-state index in [9.17, 15) is 8.78 Å². The summed E-state index contributed by atoms with van der Waals surface area (Å²) >= 11 is 12.0. The summed E-state index contributed by atoms with van der Waals surface area (Å²) in [5, 5.41) is 1.08. The normalized spacial score (nSPS) is 12.4. The van der Waals surface area contributed by atoms with Gasteiger partial charge >= 0.3 is 0 Å². The Morgan fingerprint density at radius 3 is 2.33 bits per heavy atom. The van der Waals surface area contributed by atoms with E-state index in [1.165, 1.54) is 18.2 Å². The first-order valence-electron chi connectivity index (χ1n) is 6.34. The van der Waals surface area contributed by atoms with E-state index in [1.54, 1.807) is 18.2 Å². The van der Waals surface area contributed by atoms with Crippen molar-refractivity contribution in [1.29, 1.82) is 0 Å². The van der Waals surface area contributed by atoms with Crippen molar-refractivity contribution in [2.45, 2.75) is 18.9 Å². The van der Waals surface area contributed by atoms with E-state index in [-0.39, 0.29) is 18.0 Å². The zero-order valence-electron chi connectivity index (χ0n) is 11.0. The fourth-order valence-corrected chi connectivity index (χ4v) is 2.52. The van der Waals surface area contributed by atoms with Gasteiger partial charge in [0, 0.05) is 21.7 Å². The fourth-order valence-electron chi connectivity index (χ4n) is 2.13. The number of hydrogen-bond donors (Lipinski definition) is 2. The van der Waals surface area contributed by atoms with Gasteiger partial charge in [0.1, 0.15) is 11.6 Å². The molecule has 2 aromatic rings. The molecule has 0 bridgehead atoms. The van der Waals surface area contributed by atoms with Crippen LogP contribution in [0.15, 0.2) is 36.4 Å². The van der Waals surface area contributed by atoms with Crippen molar-refractivity contribution in [3.63, 3.8) is 0 Å². The molecule has 0 aliphatic carbocycles. The highest BCUT2D eigenvalue weighted by Gasteiger charge is 2.16. The molecule has 3 N–H and O–H groups in total. The molecule has 0 radical (unpaired) electrons. The first kappa shape index (κ1) is 16.2. The predicted molar refractivity (Wildman–Crippen MR) is 81.3 cm³/mol. The second kappa shape index (κ2) is 7.18.